The van der Waals surface area contributed by atoms with Gasteiger partial charge >= 0.3 is 0 Å². The smallest absolute Gasteiger partial charge is 0.260 e. The molecule has 162 valence electrons. The molecule has 1 amide bonds. The lowest BCUT2D eigenvalue weighted by Crippen LogP contribution is -2.35. The van der Waals surface area contributed by atoms with Crippen molar-refractivity contribution in [3.63, 3.8) is 0 Å². The van der Waals surface area contributed by atoms with E-state index in [-0.39, 0.29) is 19.1 Å². The van der Waals surface area contributed by atoms with E-state index in [4.69, 9.17) is 4.74 Å². The largest absolute Gasteiger partial charge is 0.484 e. The molecule has 0 saturated heterocycles. The number of unbranched alkanes of at least 4 members (excludes halogenated alkanes) is 1. The molecule has 3 rings (SSSR count). The van der Waals surface area contributed by atoms with Gasteiger partial charge in [-0.2, -0.15) is 0 Å². The summed E-state index contributed by atoms with van der Waals surface area (Å²) in [7, 11) is 0. The van der Waals surface area contributed by atoms with E-state index in [1.807, 2.05) is 18.2 Å². The molecule has 0 radical (unpaired) electrons. The van der Waals surface area contributed by atoms with E-state index in [1.54, 1.807) is 17.0 Å². The van der Waals surface area contributed by atoms with Crippen molar-refractivity contribution >= 4 is 5.91 Å². The molecule has 0 spiro atoms. The van der Waals surface area contributed by atoms with Crippen LogP contribution in [0.15, 0.2) is 48.5 Å². The van der Waals surface area contributed by atoms with Crippen molar-refractivity contribution in [3.05, 3.63) is 65.7 Å². The fraction of sp³-hybridized carbons (Fsp3) is 0.480. The molecular weight excluding hydrogens is 384 g/mol. The maximum Gasteiger partial charge on any atom is 0.260 e. The van der Waals surface area contributed by atoms with E-state index in [9.17, 15) is 13.6 Å². The van der Waals surface area contributed by atoms with Gasteiger partial charge in [-0.1, -0.05) is 69.2 Å². The average molecular weight is 416 g/mol. The molecule has 2 aromatic carbocycles. The molecular formula is C25H31F2NO2. The molecule has 0 heterocycles. The summed E-state index contributed by atoms with van der Waals surface area (Å²) in [5.41, 5.74) is 0.316. The van der Waals surface area contributed by atoms with Gasteiger partial charge in [0, 0.05) is 24.7 Å². The predicted molar refractivity (Wildman–Crippen MR) is 114 cm³/mol. The normalized spacial score (nSPS) is 14.5. The summed E-state index contributed by atoms with van der Waals surface area (Å²) in [5, 5.41) is 0. The molecule has 0 aromatic heterocycles. The van der Waals surface area contributed by atoms with Crippen molar-refractivity contribution in [2.45, 2.75) is 57.9 Å². The van der Waals surface area contributed by atoms with Crippen LogP contribution < -0.4 is 4.74 Å². The van der Waals surface area contributed by atoms with Gasteiger partial charge in [-0.15, -0.1) is 0 Å². The van der Waals surface area contributed by atoms with Crippen LogP contribution in [0.1, 0.15) is 56.9 Å². The Morgan fingerprint density at radius 3 is 2.50 bits per heavy atom. The summed E-state index contributed by atoms with van der Waals surface area (Å²) in [6.45, 7) is 0.558. The Morgan fingerprint density at radius 2 is 1.77 bits per heavy atom. The number of hydrogen-bond acceptors (Lipinski definition) is 2. The predicted octanol–water partition coefficient (Wildman–Crippen LogP) is 6.12. The van der Waals surface area contributed by atoms with Crippen molar-refractivity contribution < 1.29 is 18.3 Å². The molecule has 1 aliphatic carbocycles. The molecule has 0 unspecified atom stereocenters. The van der Waals surface area contributed by atoms with Gasteiger partial charge in [0.25, 0.3) is 5.91 Å². The molecule has 1 aliphatic rings. The van der Waals surface area contributed by atoms with Crippen molar-refractivity contribution in [2.24, 2.45) is 5.92 Å². The summed E-state index contributed by atoms with van der Waals surface area (Å²) in [5.74, 6) is -0.0110. The maximum absolute atomic E-state index is 14.1. The highest BCUT2D eigenvalue weighted by atomic mass is 19.1. The molecule has 1 saturated carbocycles. The highest BCUT2D eigenvalue weighted by molar-refractivity contribution is 5.77. The fourth-order valence-electron chi connectivity index (χ4n) is 4.11. The Balaban J connectivity index is 1.55. The minimum Gasteiger partial charge on any atom is -0.484 e. The van der Waals surface area contributed by atoms with Crippen LogP contribution in [0.4, 0.5) is 8.78 Å². The van der Waals surface area contributed by atoms with E-state index >= 15 is 0 Å². The van der Waals surface area contributed by atoms with Crippen LogP contribution in [0.25, 0.3) is 0 Å². The van der Waals surface area contributed by atoms with E-state index < -0.39 is 11.6 Å². The van der Waals surface area contributed by atoms with Crippen LogP contribution in [0.2, 0.25) is 0 Å². The first-order valence-corrected chi connectivity index (χ1v) is 11.0. The third-order valence-electron chi connectivity index (χ3n) is 5.85. The number of halogens is 2. The Hall–Kier alpha value is -2.43. The summed E-state index contributed by atoms with van der Waals surface area (Å²) >= 11 is 0. The molecule has 0 bridgehead atoms. The third kappa shape index (κ3) is 7.12. The van der Waals surface area contributed by atoms with E-state index in [0.29, 0.717) is 17.9 Å². The second-order valence-corrected chi connectivity index (χ2v) is 8.15. The first kappa shape index (κ1) is 22.3. The summed E-state index contributed by atoms with van der Waals surface area (Å²) in [6, 6.07) is 12.7. The number of amides is 1. The van der Waals surface area contributed by atoms with E-state index in [2.05, 4.69) is 0 Å². The standard InChI is InChI=1S/C25H31F2NO2/c26-22-15-14-21(24(27)17-22)18-28(16-8-7-11-20-9-3-1-4-10-20)25(29)19-30-23-12-5-2-6-13-23/h2,5-6,12-15,17,20H,1,3-4,7-11,16,18-19H2. The van der Waals surface area contributed by atoms with Crippen molar-refractivity contribution in [1.82, 2.24) is 4.90 Å². The van der Waals surface area contributed by atoms with Crippen molar-refractivity contribution in [2.75, 3.05) is 13.2 Å². The van der Waals surface area contributed by atoms with E-state index in [0.717, 1.165) is 24.8 Å². The quantitative estimate of drug-likeness (QED) is 0.437. The minimum atomic E-state index is -0.626. The molecule has 1 fully saturated rings. The lowest BCUT2D eigenvalue weighted by atomic mass is 9.86. The van der Waals surface area contributed by atoms with Crippen LogP contribution in [0.3, 0.4) is 0 Å². The zero-order valence-electron chi connectivity index (χ0n) is 17.5. The zero-order valence-corrected chi connectivity index (χ0v) is 17.5. The minimum absolute atomic E-state index is 0.102. The lowest BCUT2D eigenvalue weighted by molar-refractivity contribution is -0.134. The second-order valence-electron chi connectivity index (χ2n) is 8.15. The van der Waals surface area contributed by atoms with Crippen LogP contribution in [0, 0.1) is 17.6 Å². The summed E-state index contributed by atoms with van der Waals surface area (Å²) in [4.78, 5) is 14.4. The van der Waals surface area contributed by atoms with Crippen LogP contribution in [-0.4, -0.2) is 24.0 Å². The van der Waals surface area contributed by atoms with Crippen LogP contribution in [0.5, 0.6) is 5.75 Å². The Morgan fingerprint density at radius 1 is 1.00 bits per heavy atom. The number of benzene rings is 2. The monoisotopic (exact) mass is 415 g/mol. The molecule has 0 atom stereocenters. The third-order valence-corrected chi connectivity index (χ3v) is 5.85. The Kier molecular flexibility index (Phi) is 8.66. The number of hydrogen-bond donors (Lipinski definition) is 0. The van der Waals surface area contributed by atoms with Crippen molar-refractivity contribution in [1.29, 1.82) is 0 Å². The maximum atomic E-state index is 14.1. The fourth-order valence-corrected chi connectivity index (χ4v) is 4.11. The van der Waals surface area contributed by atoms with Gasteiger partial charge in [0.15, 0.2) is 6.61 Å². The molecule has 30 heavy (non-hydrogen) atoms. The average Bonchev–Trinajstić information content (AvgIpc) is 2.77. The van der Waals surface area contributed by atoms with Crippen molar-refractivity contribution in [3.8, 4) is 5.75 Å². The molecule has 3 nitrogen and oxygen atoms in total. The SMILES string of the molecule is O=C(COc1ccccc1)N(CCCCC1CCCCC1)Cc1ccc(F)cc1F. The summed E-state index contributed by atoms with van der Waals surface area (Å²) < 4.78 is 33.0. The highest BCUT2D eigenvalue weighted by Gasteiger charge is 2.18. The molecule has 2 aromatic rings. The molecule has 0 N–H and O–H groups in total. The second kappa shape index (κ2) is 11.7. The number of carbonyl (C=O) groups excluding carboxylic acids is 1. The Labute approximate surface area is 178 Å². The highest BCUT2D eigenvalue weighted by Crippen LogP contribution is 2.27. The first-order valence-electron chi connectivity index (χ1n) is 11.0. The number of para-hydroxylation sites is 1. The number of rotatable bonds is 10. The zero-order chi connectivity index (χ0) is 21.2. The van der Waals surface area contributed by atoms with Gasteiger partial charge in [0.2, 0.25) is 0 Å². The van der Waals surface area contributed by atoms with Crippen LogP contribution >= 0.6 is 0 Å². The van der Waals surface area contributed by atoms with Crippen LogP contribution in [-0.2, 0) is 11.3 Å². The summed E-state index contributed by atoms with van der Waals surface area (Å²) in [6.07, 6.45) is 9.75. The number of ether oxygens (including phenoxy) is 1. The van der Waals surface area contributed by atoms with Gasteiger partial charge in [0.1, 0.15) is 17.4 Å². The Bertz CT molecular complexity index is 791. The van der Waals surface area contributed by atoms with Gasteiger partial charge < -0.3 is 9.64 Å². The van der Waals surface area contributed by atoms with Gasteiger partial charge in [-0.25, -0.2) is 8.78 Å². The van der Waals surface area contributed by atoms with Gasteiger partial charge in [-0.05, 0) is 30.5 Å². The molecule has 0 aliphatic heterocycles. The molecule has 5 heteroatoms. The van der Waals surface area contributed by atoms with Gasteiger partial charge in [-0.3, -0.25) is 4.79 Å². The van der Waals surface area contributed by atoms with Gasteiger partial charge in [0.05, 0.1) is 0 Å². The topological polar surface area (TPSA) is 29.5 Å². The number of carbonyl (C=O) groups is 1. The first-order chi connectivity index (χ1) is 14.6. The lowest BCUT2D eigenvalue weighted by Gasteiger charge is -2.25. The van der Waals surface area contributed by atoms with E-state index in [1.165, 1.54) is 50.7 Å². The number of nitrogens with zero attached hydrogens (tertiary/aromatic N) is 1.